The number of nitro benzene ring substituents is 1. The van der Waals surface area contributed by atoms with Gasteiger partial charge in [0.15, 0.2) is 11.5 Å². The minimum Gasteiger partial charge on any atom is -0.493 e. The van der Waals surface area contributed by atoms with E-state index in [-0.39, 0.29) is 11.3 Å². The van der Waals surface area contributed by atoms with E-state index in [9.17, 15) is 23.7 Å². The molecule has 0 bridgehead atoms. The molecule has 148 valence electrons. The van der Waals surface area contributed by atoms with E-state index in [1.54, 1.807) is 25.1 Å². The zero-order chi connectivity index (χ0) is 20.8. The van der Waals surface area contributed by atoms with Crippen molar-refractivity contribution in [1.82, 2.24) is 0 Å². The highest BCUT2D eigenvalue weighted by Crippen LogP contribution is 2.36. The highest BCUT2D eigenvalue weighted by Gasteiger charge is 2.20. The number of hydrogen-bond donors (Lipinski definition) is 1. The molecule has 0 heterocycles. The first kappa shape index (κ1) is 21.1. The Labute approximate surface area is 163 Å². The second-order valence-corrected chi connectivity index (χ2v) is 5.92. The summed E-state index contributed by atoms with van der Waals surface area (Å²) in [6, 6.07) is 6.83. The number of carbonyl (C=O) groups is 1. The van der Waals surface area contributed by atoms with E-state index in [0.29, 0.717) is 10.7 Å². The standard InChI is InChI=1S/C18H15ClF2N2O5/c1-10-7-12(19)4-5-13(10)22-17(24)6-3-11-8-15(27-2)16(28-18(20)21)9-14(11)23(25)26/h3-9,18H,1-2H3,(H,22,24)/b6-3+. The molecule has 2 aromatic carbocycles. The maximum Gasteiger partial charge on any atom is 0.387 e. The quantitative estimate of drug-likeness (QED) is 0.400. The predicted molar refractivity (Wildman–Crippen MR) is 100 cm³/mol. The second kappa shape index (κ2) is 9.14. The van der Waals surface area contributed by atoms with Gasteiger partial charge in [-0.05, 0) is 42.8 Å². The summed E-state index contributed by atoms with van der Waals surface area (Å²) in [7, 11) is 1.20. The normalized spacial score (nSPS) is 10.9. The fourth-order valence-electron chi connectivity index (χ4n) is 2.31. The average molecular weight is 413 g/mol. The molecule has 1 amide bonds. The van der Waals surface area contributed by atoms with Gasteiger partial charge in [-0.25, -0.2) is 0 Å². The predicted octanol–water partition coefficient (Wildman–Crippen LogP) is 4.82. The van der Waals surface area contributed by atoms with Gasteiger partial charge in [0.05, 0.1) is 23.7 Å². The third kappa shape index (κ3) is 5.40. The number of benzene rings is 2. The largest absolute Gasteiger partial charge is 0.493 e. The molecule has 0 spiro atoms. The van der Waals surface area contributed by atoms with Gasteiger partial charge in [0.2, 0.25) is 5.91 Å². The molecular formula is C18H15ClF2N2O5. The maximum absolute atomic E-state index is 12.5. The summed E-state index contributed by atoms with van der Waals surface area (Å²) in [6.07, 6.45) is 2.25. The SMILES string of the molecule is COc1cc(/C=C/C(=O)Nc2ccc(Cl)cc2C)c([N+](=O)[O-])cc1OC(F)F. The van der Waals surface area contributed by atoms with Crippen molar-refractivity contribution < 1.29 is 28.0 Å². The molecule has 0 atom stereocenters. The van der Waals surface area contributed by atoms with Gasteiger partial charge in [0, 0.05) is 16.8 Å². The number of nitro groups is 1. The number of halogens is 3. The van der Waals surface area contributed by atoms with Crippen LogP contribution in [-0.4, -0.2) is 24.6 Å². The number of nitrogens with one attached hydrogen (secondary N) is 1. The van der Waals surface area contributed by atoms with Crippen molar-refractivity contribution in [2.75, 3.05) is 12.4 Å². The molecule has 0 radical (unpaired) electrons. The number of carbonyl (C=O) groups excluding carboxylic acids is 1. The lowest BCUT2D eigenvalue weighted by atomic mass is 10.1. The summed E-state index contributed by atoms with van der Waals surface area (Å²) in [5, 5.41) is 14.4. The molecular weight excluding hydrogens is 398 g/mol. The van der Waals surface area contributed by atoms with Crippen molar-refractivity contribution in [1.29, 1.82) is 0 Å². The van der Waals surface area contributed by atoms with Crippen LogP contribution in [0.2, 0.25) is 5.02 Å². The molecule has 0 aromatic heterocycles. The highest BCUT2D eigenvalue weighted by atomic mass is 35.5. The first-order valence-electron chi connectivity index (χ1n) is 7.77. The van der Waals surface area contributed by atoms with Gasteiger partial charge in [0.1, 0.15) is 0 Å². The molecule has 0 fully saturated rings. The Morgan fingerprint density at radius 1 is 1.29 bits per heavy atom. The minimum atomic E-state index is -3.18. The van der Waals surface area contributed by atoms with Gasteiger partial charge < -0.3 is 14.8 Å². The first-order chi connectivity index (χ1) is 13.2. The van der Waals surface area contributed by atoms with E-state index in [1.807, 2.05) is 0 Å². The Hall–Kier alpha value is -3.20. The van der Waals surface area contributed by atoms with Crippen LogP contribution in [-0.2, 0) is 4.79 Å². The van der Waals surface area contributed by atoms with Crippen LogP contribution in [0.5, 0.6) is 11.5 Å². The Morgan fingerprint density at radius 2 is 2.00 bits per heavy atom. The maximum atomic E-state index is 12.5. The summed E-state index contributed by atoms with van der Waals surface area (Å²) >= 11 is 5.85. The van der Waals surface area contributed by atoms with E-state index in [0.717, 1.165) is 23.8 Å². The van der Waals surface area contributed by atoms with Crippen LogP contribution in [0.4, 0.5) is 20.2 Å². The number of amides is 1. The molecule has 0 aliphatic rings. The van der Waals surface area contributed by atoms with E-state index in [1.165, 1.54) is 13.2 Å². The summed E-state index contributed by atoms with van der Waals surface area (Å²) in [6.45, 7) is -1.42. The number of aryl methyl sites for hydroxylation is 1. The van der Waals surface area contributed by atoms with Crippen molar-refractivity contribution in [2.45, 2.75) is 13.5 Å². The second-order valence-electron chi connectivity index (χ2n) is 5.48. The lowest BCUT2D eigenvalue weighted by Gasteiger charge is -2.11. The van der Waals surface area contributed by atoms with Crippen LogP contribution in [0.25, 0.3) is 6.08 Å². The molecule has 1 N–H and O–H groups in total. The molecule has 2 aromatic rings. The van der Waals surface area contributed by atoms with Crippen LogP contribution in [0.3, 0.4) is 0 Å². The average Bonchev–Trinajstić information content (AvgIpc) is 2.62. The number of alkyl halides is 2. The van der Waals surface area contributed by atoms with Gasteiger partial charge >= 0.3 is 6.61 Å². The van der Waals surface area contributed by atoms with Gasteiger partial charge in [-0.2, -0.15) is 8.78 Å². The van der Waals surface area contributed by atoms with Crippen LogP contribution in [0.15, 0.2) is 36.4 Å². The Kier molecular flexibility index (Phi) is 6.89. The fourth-order valence-corrected chi connectivity index (χ4v) is 2.54. The number of ether oxygens (including phenoxy) is 2. The van der Waals surface area contributed by atoms with Gasteiger partial charge in [-0.1, -0.05) is 11.6 Å². The van der Waals surface area contributed by atoms with Crippen molar-refractivity contribution in [3.63, 3.8) is 0 Å². The zero-order valence-electron chi connectivity index (χ0n) is 14.7. The van der Waals surface area contributed by atoms with Crippen molar-refractivity contribution >= 4 is 35.0 Å². The number of anilines is 1. The highest BCUT2D eigenvalue weighted by molar-refractivity contribution is 6.30. The third-order valence-electron chi connectivity index (χ3n) is 3.59. The summed E-state index contributed by atoms with van der Waals surface area (Å²) in [5.41, 5.74) is 0.705. The van der Waals surface area contributed by atoms with Crippen LogP contribution >= 0.6 is 11.6 Å². The minimum absolute atomic E-state index is 0.0218. The van der Waals surface area contributed by atoms with E-state index in [4.69, 9.17) is 16.3 Å². The molecule has 0 unspecified atom stereocenters. The molecule has 0 aliphatic carbocycles. The number of rotatable bonds is 7. The Balaban J connectivity index is 2.30. The Morgan fingerprint density at radius 3 is 2.57 bits per heavy atom. The fraction of sp³-hybridized carbons (Fsp3) is 0.167. The molecule has 2 rings (SSSR count). The Bertz CT molecular complexity index is 934. The molecule has 7 nitrogen and oxygen atoms in total. The lowest BCUT2D eigenvalue weighted by Crippen LogP contribution is -2.09. The lowest BCUT2D eigenvalue weighted by molar-refractivity contribution is -0.385. The molecule has 28 heavy (non-hydrogen) atoms. The topological polar surface area (TPSA) is 90.7 Å². The monoisotopic (exact) mass is 412 g/mol. The van der Waals surface area contributed by atoms with Crippen LogP contribution in [0.1, 0.15) is 11.1 Å². The van der Waals surface area contributed by atoms with Gasteiger partial charge in [0.25, 0.3) is 5.69 Å². The van der Waals surface area contributed by atoms with Gasteiger partial charge in [-0.3, -0.25) is 14.9 Å². The summed E-state index contributed by atoms with van der Waals surface area (Å²) in [5.74, 6) is -1.17. The van der Waals surface area contributed by atoms with Gasteiger partial charge in [-0.15, -0.1) is 0 Å². The molecule has 0 saturated carbocycles. The smallest absolute Gasteiger partial charge is 0.387 e. The number of methoxy groups -OCH3 is 1. The van der Waals surface area contributed by atoms with Crippen LogP contribution < -0.4 is 14.8 Å². The first-order valence-corrected chi connectivity index (χ1v) is 8.15. The van der Waals surface area contributed by atoms with Crippen molar-refractivity contribution in [3.8, 4) is 11.5 Å². The molecule has 0 aliphatic heterocycles. The van der Waals surface area contributed by atoms with Crippen molar-refractivity contribution in [3.05, 3.63) is 62.7 Å². The molecule has 0 saturated heterocycles. The van der Waals surface area contributed by atoms with Crippen molar-refractivity contribution in [2.24, 2.45) is 0 Å². The van der Waals surface area contributed by atoms with E-state index >= 15 is 0 Å². The van der Waals surface area contributed by atoms with E-state index < -0.39 is 28.9 Å². The summed E-state index contributed by atoms with van der Waals surface area (Å²) in [4.78, 5) is 22.6. The number of nitrogens with zero attached hydrogens (tertiary/aromatic N) is 1. The number of hydrogen-bond acceptors (Lipinski definition) is 5. The summed E-state index contributed by atoms with van der Waals surface area (Å²) < 4.78 is 34.1. The third-order valence-corrected chi connectivity index (χ3v) is 3.82. The zero-order valence-corrected chi connectivity index (χ0v) is 15.5. The van der Waals surface area contributed by atoms with Crippen LogP contribution in [0, 0.1) is 17.0 Å². The van der Waals surface area contributed by atoms with E-state index in [2.05, 4.69) is 10.1 Å². The molecule has 10 heteroatoms.